The van der Waals surface area contributed by atoms with Crippen molar-refractivity contribution in [2.24, 2.45) is 0 Å². The molecule has 0 aromatic carbocycles. The van der Waals surface area contributed by atoms with Gasteiger partial charge in [0.05, 0.1) is 36.3 Å². The van der Waals surface area contributed by atoms with E-state index >= 15 is 0 Å². The van der Waals surface area contributed by atoms with Crippen molar-refractivity contribution in [2.75, 3.05) is 12.8 Å². The van der Waals surface area contributed by atoms with Gasteiger partial charge in [0, 0.05) is 6.20 Å². The number of hydrogen-bond acceptors (Lipinski definition) is 5. The lowest BCUT2D eigenvalue weighted by atomic mass is 10.5. The number of nitrogens with zero attached hydrogens (tertiary/aromatic N) is 5. The summed E-state index contributed by atoms with van der Waals surface area (Å²) in [5, 5.41) is 12.4. The van der Waals surface area contributed by atoms with Gasteiger partial charge < -0.3 is 0 Å². The topological polar surface area (TPSA) is 94.7 Å². The Kier molecular flexibility index (Phi) is 4.17. The highest BCUT2D eigenvalue weighted by atomic mass is 35.5. The van der Waals surface area contributed by atoms with Crippen LogP contribution < -0.4 is 4.72 Å². The van der Waals surface area contributed by atoms with Crippen molar-refractivity contribution < 1.29 is 8.42 Å². The SMILES string of the molecule is CNS(=O)(=O)CCn1cc(Cn2cc(Cl)cn2)nn1. The van der Waals surface area contributed by atoms with Crippen LogP contribution in [0, 0.1) is 0 Å². The zero-order valence-electron chi connectivity index (χ0n) is 10.2. The van der Waals surface area contributed by atoms with Crippen molar-refractivity contribution in [1.82, 2.24) is 29.5 Å². The molecule has 0 atom stereocenters. The molecule has 2 aromatic rings. The summed E-state index contributed by atoms with van der Waals surface area (Å²) in [6.45, 7) is 0.682. The maximum Gasteiger partial charge on any atom is 0.213 e. The average molecular weight is 305 g/mol. The molecule has 0 saturated carbocycles. The third-order valence-electron chi connectivity index (χ3n) is 2.41. The Morgan fingerprint density at radius 3 is 2.79 bits per heavy atom. The molecule has 0 aliphatic heterocycles. The molecule has 10 heteroatoms. The van der Waals surface area contributed by atoms with Crippen molar-refractivity contribution in [3.8, 4) is 0 Å². The van der Waals surface area contributed by atoms with Gasteiger partial charge >= 0.3 is 0 Å². The van der Waals surface area contributed by atoms with Gasteiger partial charge in [-0.15, -0.1) is 5.10 Å². The molecular formula is C9H13ClN6O2S. The molecule has 104 valence electrons. The minimum atomic E-state index is -3.24. The molecule has 2 rings (SSSR count). The minimum absolute atomic E-state index is 0.0418. The number of halogens is 1. The van der Waals surface area contributed by atoms with Crippen LogP contribution in [0.2, 0.25) is 5.02 Å². The second kappa shape index (κ2) is 5.68. The first-order chi connectivity index (χ1) is 8.98. The molecule has 8 nitrogen and oxygen atoms in total. The van der Waals surface area contributed by atoms with Gasteiger partial charge in [-0.05, 0) is 7.05 Å². The van der Waals surface area contributed by atoms with E-state index in [9.17, 15) is 8.42 Å². The van der Waals surface area contributed by atoms with Gasteiger partial charge in [0.25, 0.3) is 0 Å². The second-order valence-electron chi connectivity index (χ2n) is 3.85. The highest BCUT2D eigenvalue weighted by Crippen LogP contribution is 2.06. The maximum absolute atomic E-state index is 11.3. The van der Waals surface area contributed by atoms with Gasteiger partial charge in [-0.2, -0.15) is 5.10 Å². The van der Waals surface area contributed by atoms with E-state index in [1.165, 1.54) is 17.9 Å². The van der Waals surface area contributed by atoms with Crippen LogP contribution in [0.25, 0.3) is 0 Å². The first-order valence-corrected chi connectivity index (χ1v) is 7.50. The van der Waals surface area contributed by atoms with E-state index in [0.717, 1.165) is 0 Å². The van der Waals surface area contributed by atoms with Crippen LogP contribution >= 0.6 is 11.6 Å². The smallest absolute Gasteiger partial charge is 0.213 e. The third-order valence-corrected chi connectivity index (χ3v) is 3.95. The van der Waals surface area contributed by atoms with E-state index < -0.39 is 10.0 Å². The maximum atomic E-state index is 11.3. The fourth-order valence-electron chi connectivity index (χ4n) is 1.43. The Morgan fingerprint density at radius 1 is 1.37 bits per heavy atom. The van der Waals surface area contributed by atoms with Crippen LogP contribution in [-0.2, 0) is 23.1 Å². The number of hydrogen-bond donors (Lipinski definition) is 1. The van der Waals surface area contributed by atoms with Gasteiger partial charge in [-0.3, -0.25) is 9.36 Å². The van der Waals surface area contributed by atoms with Gasteiger partial charge in [-0.1, -0.05) is 16.8 Å². The predicted molar refractivity (Wildman–Crippen MR) is 69.2 cm³/mol. The van der Waals surface area contributed by atoms with Crippen LogP contribution in [0.4, 0.5) is 0 Å². The Hall–Kier alpha value is -1.45. The summed E-state index contributed by atoms with van der Waals surface area (Å²) < 4.78 is 27.9. The van der Waals surface area contributed by atoms with Gasteiger partial charge in [0.2, 0.25) is 10.0 Å². The lowest BCUT2D eigenvalue weighted by Gasteiger charge is -2.01. The molecule has 0 saturated heterocycles. The molecule has 1 N–H and O–H groups in total. The summed E-state index contributed by atoms with van der Waals surface area (Å²) in [5.41, 5.74) is 0.682. The van der Waals surface area contributed by atoms with E-state index in [2.05, 4.69) is 20.1 Å². The zero-order chi connectivity index (χ0) is 13.9. The van der Waals surface area contributed by atoms with Gasteiger partial charge in [-0.25, -0.2) is 13.1 Å². The van der Waals surface area contributed by atoms with Crippen molar-refractivity contribution in [2.45, 2.75) is 13.1 Å². The molecule has 2 heterocycles. The van der Waals surface area contributed by atoms with Crippen LogP contribution in [-0.4, -0.2) is 46.0 Å². The van der Waals surface area contributed by atoms with Crippen LogP contribution in [0.3, 0.4) is 0 Å². The Morgan fingerprint density at radius 2 is 2.16 bits per heavy atom. The molecule has 0 aliphatic carbocycles. The molecule has 0 amide bonds. The van der Waals surface area contributed by atoms with Crippen LogP contribution in [0.15, 0.2) is 18.6 Å². The number of sulfonamides is 1. The molecule has 0 bridgehead atoms. The molecule has 2 aromatic heterocycles. The zero-order valence-corrected chi connectivity index (χ0v) is 11.8. The molecule has 0 unspecified atom stereocenters. The van der Waals surface area contributed by atoms with E-state index in [4.69, 9.17) is 11.6 Å². The minimum Gasteiger partial charge on any atom is -0.265 e. The highest BCUT2D eigenvalue weighted by Gasteiger charge is 2.09. The monoisotopic (exact) mass is 304 g/mol. The molecule has 0 radical (unpaired) electrons. The second-order valence-corrected chi connectivity index (χ2v) is 6.33. The lowest BCUT2D eigenvalue weighted by Crippen LogP contribution is -2.24. The summed E-state index contributed by atoms with van der Waals surface area (Å²) >= 11 is 5.75. The van der Waals surface area contributed by atoms with Crippen molar-refractivity contribution >= 4 is 21.6 Å². The summed E-state index contributed by atoms with van der Waals surface area (Å²) in [5.74, 6) is -0.0418. The standard InChI is InChI=1S/C9H13ClN6O2S/c1-11-19(17,18)3-2-15-6-9(13-14-15)7-16-5-8(10)4-12-16/h4-6,11H,2-3,7H2,1H3. The number of nitrogens with one attached hydrogen (secondary N) is 1. The number of rotatable bonds is 6. The first-order valence-electron chi connectivity index (χ1n) is 5.47. The summed E-state index contributed by atoms with van der Waals surface area (Å²) in [6.07, 6.45) is 4.89. The van der Waals surface area contributed by atoms with Crippen LogP contribution in [0.1, 0.15) is 5.69 Å². The fourth-order valence-corrected chi connectivity index (χ4v) is 2.21. The molecule has 0 aliphatic rings. The highest BCUT2D eigenvalue weighted by molar-refractivity contribution is 7.89. The van der Waals surface area contributed by atoms with Crippen LogP contribution in [0.5, 0.6) is 0 Å². The van der Waals surface area contributed by atoms with E-state index in [1.54, 1.807) is 17.1 Å². The Balaban J connectivity index is 1.96. The van der Waals surface area contributed by atoms with Crippen molar-refractivity contribution in [3.05, 3.63) is 29.3 Å². The molecule has 0 spiro atoms. The first kappa shape index (κ1) is 14.0. The number of aromatic nitrogens is 5. The third kappa shape index (κ3) is 4.01. The quantitative estimate of drug-likeness (QED) is 0.792. The van der Waals surface area contributed by atoms with Crippen molar-refractivity contribution in [1.29, 1.82) is 0 Å². The Bertz CT molecular complexity index is 649. The molecule has 19 heavy (non-hydrogen) atoms. The summed E-state index contributed by atoms with van der Waals surface area (Å²) in [6, 6.07) is 0. The van der Waals surface area contributed by atoms with Crippen molar-refractivity contribution in [3.63, 3.8) is 0 Å². The lowest BCUT2D eigenvalue weighted by molar-refractivity contribution is 0.568. The average Bonchev–Trinajstić information content (AvgIpc) is 2.97. The normalized spacial score (nSPS) is 11.9. The fraction of sp³-hybridized carbons (Fsp3) is 0.444. The molecule has 0 fully saturated rings. The largest absolute Gasteiger partial charge is 0.265 e. The van der Waals surface area contributed by atoms with Gasteiger partial charge in [0.15, 0.2) is 0 Å². The van der Waals surface area contributed by atoms with E-state index in [0.29, 0.717) is 17.3 Å². The van der Waals surface area contributed by atoms with E-state index in [-0.39, 0.29) is 12.3 Å². The van der Waals surface area contributed by atoms with Gasteiger partial charge in [0.1, 0.15) is 5.69 Å². The summed E-state index contributed by atoms with van der Waals surface area (Å²) in [4.78, 5) is 0. The number of aryl methyl sites for hydroxylation is 1. The van der Waals surface area contributed by atoms with E-state index in [1.807, 2.05) is 0 Å². The molecular weight excluding hydrogens is 292 g/mol. The summed E-state index contributed by atoms with van der Waals surface area (Å²) in [7, 11) is -1.86. The predicted octanol–water partition coefficient (Wildman–Crippen LogP) is -0.274. The Labute approximate surface area is 115 Å².